The minimum Gasteiger partial charge on any atom is -0.325 e. The topological polar surface area (TPSA) is 44.4 Å². The third-order valence-electron chi connectivity index (χ3n) is 2.83. The van der Waals surface area contributed by atoms with Crippen LogP contribution in [0.25, 0.3) is 0 Å². The van der Waals surface area contributed by atoms with E-state index in [4.69, 9.17) is 11.6 Å². The average Bonchev–Trinajstić information content (AvgIpc) is 2.39. The minimum absolute atomic E-state index is 0.0318. The highest BCUT2D eigenvalue weighted by atomic mass is 35.5. The Morgan fingerprint density at radius 2 is 1.95 bits per heavy atom. The number of alkyl halides is 3. The molecule has 0 spiro atoms. The van der Waals surface area contributed by atoms with Crippen LogP contribution in [0.5, 0.6) is 0 Å². The Balaban J connectivity index is 2.54. The van der Waals surface area contributed by atoms with Crippen molar-refractivity contribution >= 4 is 23.2 Å². The zero-order chi connectivity index (χ0) is 16.8. The molecule has 124 valence electrons. The van der Waals surface area contributed by atoms with E-state index in [1.165, 1.54) is 6.07 Å². The van der Waals surface area contributed by atoms with E-state index < -0.39 is 17.6 Å². The number of hydrogen-bond acceptors (Lipinski definition) is 3. The summed E-state index contributed by atoms with van der Waals surface area (Å²) in [5.74, 6) is -0.481. The van der Waals surface area contributed by atoms with Crippen LogP contribution in [0, 0.1) is 0 Å². The number of carbonyl (C=O) groups excluding carboxylic acids is 1. The molecule has 0 fully saturated rings. The van der Waals surface area contributed by atoms with Gasteiger partial charge >= 0.3 is 6.18 Å². The number of likely N-dealkylation sites (N-methyl/N-ethyl adjacent to an activating group) is 1. The summed E-state index contributed by atoms with van der Waals surface area (Å²) >= 11 is 5.58. The van der Waals surface area contributed by atoms with Crippen LogP contribution in [0.2, 0.25) is 5.02 Å². The lowest BCUT2D eigenvalue weighted by Crippen LogP contribution is -2.29. The van der Waals surface area contributed by atoms with Crippen molar-refractivity contribution in [1.82, 2.24) is 10.2 Å². The van der Waals surface area contributed by atoms with Gasteiger partial charge in [-0.3, -0.25) is 4.79 Å². The Bertz CT molecular complexity index is 507. The SMILES string of the molecule is CN(C)CCNCCC(=O)Nc1ccc(Cl)cc1C(F)(F)F. The van der Waals surface area contributed by atoms with Gasteiger partial charge in [0.25, 0.3) is 0 Å². The molecule has 0 unspecified atom stereocenters. The molecule has 22 heavy (non-hydrogen) atoms. The number of halogens is 4. The summed E-state index contributed by atoms with van der Waals surface area (Å²) in [4.78, 5) is 13.7. The number of carbonyl (C=O) groups is 1. The largest absolute Gasteiger partial charge is 0.418 e. The molecule has 0 aliphatic rings. The molecule has 0 aliphatic carbocycles. The molecule has 0 saturated carbocycles. The van der Waals surface area contributed by atoms with Gasteiger partial charge in [0, 0.05) is 31.1 Å². The van der Waals surface area contributed by atoms with Crippen molar-refractivity contribution in [1.29, 1.82) is 0 Å². The number of nitrogens with zero attached hydrogens (tertiary/aromatic N) is 1. The molecule has 0 atom stereocenters. The molecule has 1 rings (SSSR count). The zero-order valence-corrected chi connectivity index (χ0v) is 13.2. The maximum atomic E-state index is 12.9. The van der Waals surface area contributed by atoms with Crippen LogP contribution in [0.4, 0.5) is 18.9 Å². The maximum absolute atomic E-state index is 12.9. The Morgan fingerprint density at radius 3 is 2.55 bits per heavy atom. The number of amides is 1. The molecule has 4 nitrogen and oxygen atoms in total. The van der Waals surface area contributed by atoms with E-state index in [1.54, 1.807) is 0 Å². The molecule has 0 bridgehead atoms. The summed E-state index contributed by atoms with van der Waals surface area (Å²) in [6, 6.07) is 3.26. The van der Waals surface area contributed by atoms with E-state index >= 15 is 0 Å². The molecule has 1 aromatic rings. The maximum Gasteiger partial charge on any atom is 0.418 e. The monoisotopic (exact) mass is 337 g/mol. The summed E-state index contributed by atoms with van der Waals surface area (Å²) in [6.45, 7) is 1.92. The van der Waals surface area contributed by atoms with E-state index in [9.17, 15) is 18.0 Å². The summed E-state index contributed by atoms with van der Waals surface area (Å²) in [5, 5.41) is 5.29. The fourth-order valence-corrected chi connectivity index (χ4v) is 1.87. The summed E-state index contributed by atoms with van der Waals surface area (Å²) in [6.07, 6.45) is -4.48. The lowest BCUT2D eigenvalue weighted by molar-refractivity contribution is -0.137. The highest BCUT2D eigenvalue weighted by molar-refractivity contribution is 6.30. The molecule has 0 heterocycles. The van der Waals surface area contributed by atoms with Crippen molar-refractivity contribution in [2.45, 2.75) is 12.6 Å². The Hall–Kier alpha value is -1.31. The smallest absolute Gasteiger partial charge is 0.325 e. The quantitative estimate of drug-likeness (QED) is 0.752. The van der Waals surface area contributed by atoms with Gasteiger partial charge < -0.3 is 15.5 Å². The predicted molar refractivity (Wildman–Crippen MR) is 81.1 cm³/mol. The lowest BCUT2D eigenvalue weighted by atomic mass is 10.1. The number of nitrogens with one attached hydrogen (secondary N) is 2. The highest BCUT2D eigenvalue weighted by Gasteiger charge is 2.34. The minimum atomic E-state index is -4.57. The molecule has 1 aromatic carbocycles. The van der Waals surface area contributed by atoms with Gasteiger partial charge in [0.2, 0.25) is 5.91 Å². The lowest BCUT2D eigenvalue weighted by Gasteiger charge is -2.14. The van der Waals surface area contributed by atoms with Crippen LogP contribution in [0.3, 0.4) is 0 Å². The first-order valence-corrected chi connectivity index (χ1v) is 7.10. The van der Waals surface area contributed by atoms with Crippen LogP contribution in [0.15, 0.2) is 18.2 Å². The van der Waals surface area contributed by atoms with Crippen molar-refractivity contribution in [2.75, 3.05) is 39.0 Å². The first-order valence-electron chi connectivity index (χ1n) is 6.72. The van der Waals surface area contributed by atoms with E-state index in [0.29, 0.717) is 13.1 Å². The first kappa shape index (κ1) is 18.7. The standard InChI is InChI=1S/C14H19ClF3N3O/c1-21(2)8-7-19-6-5-13(22)20-12-4-3-10(15)9-11(12)14(16,17)18/h3-4,9,19H,5-8H2,1-2H3,(H,20,22). The van der Waals surface area contributed by atoms with Gasteiger partial charge in [0.15, 0.2) is 0 Å². The number of hydrogen-bond donors (Lipinski definition) is 2. The van der Waals surface area contributed by atoms with Gasteiger partial charge in [-0.25, -0.2) is 0 Å². The summed E-state index contributed by atoms with van der Waals surface area (Å²) in [7, 11) is 3.85. The molecule has 2 N–H and O–H groups in total. The Morgan fingerprint density at radius 1 is 1.27 bits per heavy atom. The van der Waals surface area contributed by atoms with E-state index in [-0.39, 0.29) is 17.1 Å². The summed E-state index contributed by atoms with van der Waals surface area (Å²) in [5.41, 5.74) is -1.23. The normalized spacial score (nSPS) is 11.8. The van der Waals surface area contributed by atoms with Crippen molar-refractivity contribution in [3.8, 4) is 0 Å². The molecule has 0 saturated heterocycles. The van der Waals surface area contributed by atoms with Crippen LogP contribution < -0.4 is 10.6 Å². The van der Waals surface area contributed by atoms with Crippen LogP contribution in [-0.4, -0.2) is 44.5 Å². The van der Waals surface area contributed by atoms with Gasteiger partial charge in [-0.1, -0.05) is 11.6 Å². The molecule has 0 aliphatic heterocycles. The Kier molecular flexibility index (Phi) is 7.12. The summed E-state index contributed by atoms with van der Waals surface area (Å²) < 4.78 is 38.6. The number of anilines is 1. The third kappa shape index (κ3) is 6.64. The fourth-order valence-electron chi connectivity index (χ4n) is 1.70. The second-order valence-corrected chi connectivity index (χ2v) is 5.48. The van der Waals surface area contributed by atoms with Gasteiger partial charge in [0.05, 0.1) is 11.3 Å². The third-order valence-corrected chi connectivity index (χ3v) is 3.06. The van der Waals surface area contributed by atoms with E-state index in [0.717, 1.165) is 18.7 Å². The van der Waals surface area contributed by atoms with Crippen molar-refractivity contribution in [3.63, 3.8) is 0 Å². The highest BCUT2D eigenvalue weighted by Crippen LogP contribution is 2.36. The van der Waals surface area contributed by atoms with Gasteiger partial charge in [0.1, 0.15) is 0 Å². The van der Waals surface area contributed by atoms with Crippen molar-refractivity contribution in [2.24, 2.45) is 0 Å². The van der Waals surface area contributed by atoms with E-state index in [1.807, 2.05) is 19.0 Å². The molecule has 1 amide bonds. The Labute approximate surface area is 132 Å². The molecular formula is C14H19ClF3N3O. The number of benzene rings is 1. The van der Waals surface area contributed by atoms with Gasteiger partial charge in [-0.15, -0.1) is 0 Å². The van der Waals surface area contributed by atoms with E-state index in [2.05, 4.69) is 10.6 Å². The predicted octanol–water partition coefficient (Wildman–Crippen LogP) is 2.84. The van der Waals surface area contributed by atoms with Gasteiger partial charge in [-0.2, -0.15) is 13.2 Å². The molecular weight excluding hydrogens is 319 g/mol. The fraction of sp³-hybridized carbons (Fsp3) is 0.500. The van der Waals surface area contributed by atoms with Crippen LogP contribution in [-0.2, 0) is 11.0 Å². The molecule has 0 radical (unpaired) electrons. The van der Waals surface area contributed by atoms with Crippen LogP contribution in [0.1, 0.15) is 12.0 Å². The van der Waals surface area contributed by atoms with Crippen molar-refractivity contribution < 1.29 is 18.0 Å². The van der Waals surface area contributed by atoms with Crippen LogP contribution >= 0.6 is 11.6 Å². The second-order valence-electron chi connectivity index (χ2n) is 5.04. The molecule has 0 aromatic heterocycles. The molecule has 8 heteroatoms. The van der Waals surface area contributed by atoms with Gasteiger partial charge in [-0.05, 0) is 32.3 Å². The number of rotatable bonds is 7. The zero-order valence-electron chi connectivity index (χ0n) is 12.4. The van der Waals surface area contributed by atoms with Crippen molar-refractivity contribution in [3.05, 3.63) is 28.8 Å². The second kappa shape index (κ2) is 8.36. The first-order chi connectivity index (χ1) is 10.2. The average molecular weight is 338 g/mol.